The number of aromatic nitrogens is 1. The summed E-state index contributed by atoms with van der Waals surface area (Å²) in [5, 5.41) is 7.20. The average Bonchev–Trinajstić information content (AvgIpc) is 3.09. The predicted molar refractivity (Wildman–Crippen MR) is 107 cm³/mol. The molecule has 0 aliphatic carbocycles. The van der Waals surface area contributed by atoms with Crippen molar-refractivity contribution >= 4 is 5.91 Å². The first kappa shape index (κ1) is 18.9. The largest absolute Gasteiger partial charge is 0.361 e. The lowest BCUT2D eigenvalue weighted by atomic mass is 9.98. The maximum atomic E-state index is 12.9. The number of amides is 1. The fraction of sp³-hybridized carbons (Fsp3) is 0.304. The molecule has 27 heavy (non-hydrogen) atoms. The molecule has 0 bridgehead atoms. The third kappa shape index (κ3) is 4.85. The minimum atomic E-state index is -0.112. The molecule has 0 spiro atoms. The highest BCUT2D eigenvalue weighted by molar-refractivity contribution is 5.96. The summed E-state index contributed by atoms with van der Waals surface area (Å²) in [6.07, 6.45) is 3.53. The van der Waals surface area contributed by atoms with Gasteiger partial charge in [0.05, 0.1) is 11.7 Å². The maximum absolute atomic E-state index is 12.9. The number of nitrogens with one attached hydrogen (secondary N) is 1. The number of nitrogens with zero attached hydrogens (tertiary/aromatic N) is 1. The summed E-state index contributed by atoms with van der Waals surface area (Å²) in [7, 11) is 0. The van der Waals surface area contributed by atoms with Crippen LogP contribution in [0.4, 0.5) is 0 Å². The van der Waals surface area contributed by atoms with E-state index in [1.165, 1.54) is 5.56 Å². The van der Waals surface area contributed by atoms with Gasteiger partial charge in [0.15, 0.2) is 0 Å². The molecule has 4 heteroatoms. The summed E-state index contributed by atoms with van der Waals surface area (Å²) in [6.45, 7) is 3.76. The number of carbonyl (C=O) groups is 1. The number of aryl methyl sites for hydroxylation is 3. The molecule has 140 valence electrons. The van der Waals surface area contributed by atoms with Gasteiger partial charge in [0.2, 0.25) is 0 Å². The smallest absolute Gasteiger partial charge is 0.257 e. The van der Waals surface area contributed by atoms with Crippen molar-refractivity contribution in [2.75, 3.05) is 0 Å². The molecule has 1 aromatic heterocycles. The Balaban J connectivity index is 1.72. The second-order valence-corrected chi connectivity index (χ2v) is 6.73. The molecule has 1 heterocycles. The molecule has 1 N–H and O–H groups in total. The van der Waals surface area contributed by atoms with E-state index in [0.29, 0.717) is 23.4 Å². The molecule has 0 saturated carbocycles. The molecule has 0 aliphatic heterocycles. The molecular formula is C23H26N2O2. The van der Waals surface area contributed by atoms with E-state index in [9.17, 15) is 4.79 Å². The first-order valence-electron chi connectivity index (χ1n) is 9.54. The Morgan fingerprint density at radius 3 is 2.41 bits per heavy atom. The molecule has 0 fully saturated rings. The minimum absolute atomic E-state index is 0.0404. The van der Waals surface area contributed by atoms with Crippen LogP contribution < -0.4 is 5.32 Å². The molecule has 1 amide bonds. The lowest BCUT2D eigenvalue weighted by Crippen LogP contribution is -2.29. The van der Waals surface area contributed by atoms with Gasteiger partial charge >= 0.3 is 0 Å². The van der Waals surface area contributed by atoms with E-state index in [4.69, 9.17) is 4.52 Å². The highest BCUT2D eigenvalue weighted by Gasteiger charge is 2.22. The van der Waals surface area contributed by atoms with E-state index >= 15 is 0 Å². The molecule has 0 aliphatic rings. The van der Waals surface area contributed by atoms with Crippen molar-refractivity contribution in [3.63, 3.8) is 0 Å². The molecule has 0 radical (unpaired) electrons. The second kappa shape index (κ2) is 9.17. The van der Waals surface area contributed by atoms with Crippen molar-refractivity contribution in [3.05, 3.63) is 88.8 Å². The van der Waals surface area contributed by atoms with Crippen LogP contribution in [0.5, 0.6) is 0 Å². The lowest BCUT2D eigenvalue weighted by molar-refractivity contribution is 0.0932. The van der Waals surface area contributed by atoms with Crippen LogP contribution in [-0.2, 0) is 12.8 Å². The quantitative estimate of drug-likeness (QED) is 0.611. The zero-order valence-electron chi connectivity index (χ0n) is 15.9. The highest BCUT2D eigenvalue weighted by Crippen LogP contribution is 2.22. The maximum Gasteiger partial charge on any atom is 0.257 e. The normalized spacial score (nSPS) is 11.9. The summed E-state index contributed by atoms with van der Waals surface area (Å²) in [4.78, 5) is 12.9. The highest BCUT2D eigenvalue weighted by atomic mass is 16.5. The van der Waals surface area contributed by atoms with Gasteiger partial charge in [0.1, 0.15) is 11.3 Å². The fourth-order valence-electron chi connectivity index (χ4n) is 3.34. The average molecular weight is 362 g/mol. The van der Waals surface area contributed by atoms with Gasteiger partial charge in [-0.3, -0.25) is 4.79 Å². The Bertz CT molecular complexity index is 857. The summed E-state index contributed by atoms with van der Waals surface area (Å²) in [5.74, 6) is 0.458. The van der Waals surface area contributed by atoms with Gasteiger partial charge in [-0.2, -0.15) is 0 Å². The van der Waals surface area contributed by atoms with Crippen molar-refractivity contribution in [2.45, 2.75) is 45.6 Å². The van der Waals surface area contributed by atoms with Gasteiger partial charge in [-0.15, -0.1) is 0 Å². The van der Waals surface area contributed by atoms with Gasteiger partial charge in [-0.05, 0) is 43.7 Å². The SMILES string of the molecule is CCc1noc(C)c1C(=O)NC(CCCc1ccccc1)c1ccccc1. The Morgan fingerprint density at radius 1 is 1.07 bits per heavy atom. The molecule has 1 unspecified atom stereocenters. The standard InChI is InChI=1S/C23H26N2O2/c1-3-20-22(17(2)27-25-20)23(26)24-21(19-14-8-5-9-15-19)16-10-13-18-11-6-4-7-12-18/h4-9,11-12,14-15,21H,3,10,13,16H2,1-2H3,(H,24,26). The van der Waals surface area contributed by atoms with Crippen molar-refractivity contribution < 1.29 is 9.32 Å². The van der Waals surface area contributed by atoms with Crippen LogP contribution in [0, 0.1) is 6.92 Å². The van der Waals surface area contributed by atoms with E-state index in [1.807, 2.05) is 31.2 Å². The number of carbonyl (C=O) groups excluding carboxylic acids is 1. The van der Waals surface area contributed by atoms with Gasteiger partial charge in [-0.1, -0.05) is 72.7 Å². The fourth-order valence-corrected chi connectivity index (χ4v) is 3.34. The molecule has 3 rings (SSSR count). The zero-order chi connectivity index (χ0) is 19.1. The lowest BCUT2D eigenvalue weighted by Gasteiger charge is -2.19. The van der Waals surface area contributed by atoms with E-state index in [2.05, 4.69) is 46.9 Å². The van der Waals surface area contributed by atoms with Crippen molar-refractivity contribution in [1.29, 1.82) is 0 Å². The summed E-state index contributed by atoms with van der Waals surface area (Å²) in [5.41, 5.74) is 3.72. The zero-order valence-corrected chi connectivity index (χ0v) is 15.9. The molecule has 3 aromatic rings. The van der Waals surface area contributed by atoms with Crippen LogP contribution in [-0.4, -0.2) is 11.1 Å². The molecular weight excluding hydrogens is 336 g/mol. The second-order valence-electron chi connectivity index (χ2n) is 6.73. The van der Waals surface area contributed by atoms with Crippen LogP contribution in [0.1, 0.15) is 58.7 Å². The van der Waals surface area contributed by atoms with Gasteiger partial charge in [-0.25, -0.2) is 0 Å². The Labute approximate surface area is 160 Å². The van der Waals surface area contributed by atoms with Crippen LogP contribution >= 0.6 is 0 Å². The number of rotatable bonds is 8. The molecule has 2 aromatic carbocycles. The van der Waals surface area contributed by atoms with Crippen LogP contribution in [0.25, 0.3) is 0 Å². The van der Waals surface area contributed by atoms with Gasteiger partial charge < -0.3 is 9.84 Å². The Kier molecular flexibility index (Phi) is 6.42. The number of hydrogen-bond donors (Lipinski definition) is 1. The van der Waals surface area contributed by atoms with E-state index in [0.717, 1.165) is 24.8 Å². The van der Waals surface area contributed by atoms with Crippen molar-refractivity contribution in [1.82, 2.24) is 10.5 Å². The molecule has 4 nitrogen and oxygen atoms in total. The Morgan fingerprint density at radius 2 is 1.74 bits per heavy atom. The monoisotopic (exact) mass is 362 g/mol. The van der Waals surface area contributed by atoms with E-state index in [-0.39, 0.29) is 11.9 Å². The third-order valence-electron chi connectivity index (χ3n) is 4.80. The van der Waals surface area contributed by atoms with Crippen molar-refractivity contribution in [2.24, 2.45) is 0 Å². The van der Waals surface area contributed by atoms with Crippen LogP contribution in [0.2, 0.25) is 0 Å². The van der Waals surface area contributed by atoms with Crippen LogP contribution in [0.3, 0.4) is 0 Å². The molecule has 0 saturated heterocycles. The first-order chi connectivity index (χ1) is 13.2. The third-order valence-corrected chi connectivity index (χ3v) is 4.80. The summed E-state index contributed by atoms with van der Waals surface area (Å²) < 4.78 is 5.22. The topological polar surface area (TPSA) is 55.1 Å². The first-order valence-corrected chi connectivity index (χ1v) is 9.54. The minimum Gasteiger partial charge on any atom is -0.361 e. The Hall–Kier alpha value is -2.88. The van der Waals surface area contributed by atoms with Crippen molar-refractivity contribution in [3.8, 4) is 0 Å². The number of benzene rings is 2. The van der Waals surface area contributed by atoms with Crippen LogP contribution in [0.15, 0.2) is 65.2 Å². The van der Waals surface area contributed by atoms with Gasteiger partial charge in [0.25, 0.3) is 5.91 Å². The van der Waals surface area contributed by atoms with Gasteiger partial charge in [0, 0.05) is 0 Å². The molecule has 1 atom stereocenters. The number of hydrogen-bond acceptors (Lipinski definition) is 3. The van der Waals surface area contributed by atoms with E-state index in [1.54, 1.807) is 6.92 Å². The summed E-state index contributed by atoms with van der Waals surface area (Å²) >= 11 is 0. The summed E-state index contributed by atoms with van der Waals surface area (Å²) in [6, 6.07) is 20.5. The van der Waals surface area contributed by atoms with E-state index < -0.39 is 0 Å². The predicted octanol–water partition coefficient (Wildman–Crippen LogP) is 5.04.